The van der Waals surface area contributed by atoms with Gasteiger partial charge in [0.1, 0.15) is 6.10 Å². The number of rotatable bonds is 9. The van der Waals surface area contributed by atoms with Crippen LogP contribution < -0.4 is 5.32 Å². The molecule has 0 bridgehead atoms. The molecule has 144 valence electrons. The minimum absolute atomic E-state index is 0.0337. The monoisotopic (exact) mass is 355 g/mol. The lowest BCUT2D eigenvalue weighted by Gasteiger charge is -2.37. The zero-order valence-corrected chi connectivity index (χ0v) is 16.2. The maximum absolute atomic E-state index is 12.8. The van der Waals surface area contributed by atoms with Crippen molar-refractivity contribution in [2.45, 2.75) is 52.7 Å². The SMILES string of the molecule is CCCC(=O)OC(C)C(C)C(NC=O)C(C)C(=O)N1CCN(C)CC1. The summed E-state index contributed by atoms with van der Waals surface area (Å²) in [5.74, 6) is -0.760. The van der Waals surface area contributed by atoms with E-state index in [2.05, 4.69) is 10.2 Å². The predicted octanol–water partition coefficient (Wildman–Crippen LogP) is 0.879. The van der Waals surface area contributed by atoms with Crippen LogP contribution in [-0.2, 0) is 19.1 Å². The molecule has 4 unspecified atom stereocenters. The molecule has 1 aliphatic rings. The molecule has 1 aliphatic heterocycles. The Balaban J connectivity index is 2.73. The van der Waals surface area contributed by atoms with Crippen molar-refractivity contribution in [2.24, 2.45) is 11.8 Å². The highest BCUT2D eigenvalue weighted by Gasteiger charge is 2.35. The highest BCUT2D eigenvalue weighted by atomic mass is 16.5. The zero-order chi connectivity index (χ0) is 19.0. The molecule has 1 fully saturated rings. The number of likely N-dealkylation sites (N-methyl/N-ethyl adjacent to an activating group) is 1. The van der Waals surface area contributed by atoms with E-state index in [1.54, 1.807) is 0 Å². The molecule has 0 saturated carbocycles. The lowest BCUT2D eigenvalue weighted by molar-refractivity contribution is -0.151. The number of nitrogens with zero attached hydrogens (tertiary/aromatic N) is 2. The van der Waals surface area contributed by atoms with Crippen molar-refractivity contribution in [3.8, 4) is 0 Å². The van der Waals surface area contributed by atoms with Gasteiger partial charge in [-0.15, -0.1) is 0 Å². The molecular weight excluding hydrogens is 322 g/mol. The Bertz CT molecular complexity index is 450. The average Bonchev–Trinajstić information content (AvgIpc) is 2.58. The van der Waals surface area contributed by atoms with Crippen molar-refractivity contribution in [1.29, 1.82) is 0 Å². The second-order valence-electron chi connectivity index (χ2n) is 7.03. The lowest BCUT2D eigenvalue weighted by Crippen LogP contribution is -2.54. The van der Waals surface area contributed by atoms with Gasteiger partial charge in [0.2, 0.25) is 12.3 Å². The van der Waals surface area contributed by atoms with Crippen molar-refractivity contribution in [1.82, 2.24) is 15.1 Å². The standard InChI is InChI=1S/C18H33N3O4/c1-6-7-16(23)25-15(4)13(2)17(19-12-22)14(3)18(24)21-10-8-20(5)9-11-21/h12-15,17H,6-11H2,1-5H3,(H,19,22). The second kappa shape index (κ2) is 10.4. The first-order valence-corrected chi connectivity index (χ1v) is 9.18. The Morgan fingerprint density at radius 1 is 1.16 bits per heavy atom. The summed E-state index contributed by atoms with van der Waals surface area (Å²) in [6.45, 7) is 10.6. The van der Waals surface area contributed by atoms with Crippen molar-refractivity contribution >= 4 is 18.3 Å². The Labute approximate surface area is 151 Å². The first kappa shape index (κ1) is 21.4. The van der Waals surface area contributed by atoms with E-state index in [0.717, 1.165) is 19.5 Å². The van der Waals surface area contributed by atoms with Crippen LogP contribution in [0.2, 0.25) is 0 Å². The largest absolute Gasteiger partial charge is 0.462 e. The first-order valence-electron chi connectivity index (χ1n) is 9.18. The van der Waals surface area contributed by atoms with E-state index in [0.29, 0.717) is 25.9 Å². The van der Waals surface area contributed by atoms with Crippen LogP contribution in [0.3, 0.4) is 0 Å². The summed E-state index contributed by atoms with van der Waals surface area (Å²) in [6, 6.07) is -0.380. The number of esters is 1. The minimum atomic E-state index is -0.380. The van der Waals surface area contributed by atoms with E-state index in [4.69, 9.17) is 4.74 Å². The number of amides is 2. The predicted molar refractivity (Wildman–Crippen MR) is 95.9 cm³/mol. The normalized spacial score (nSPS) is 20.3. The summed E-state index contributed by atoms with van der Waals surface area (Å²) >= 11 is 0. The molecule has 1 N–H and O–H groups in total. The van der Waals surface area contributed by atoms with Crippen LogP contribution in [-0.4, -0.2) is 73.5 Å². The van der Waals surface area contributed by atoms with Crippen LogP contribution in [0, 0.1) is 11.8 Å². The maximum Gasteiger partial charge on any atom is 0.306 e. The molecule has 25 heavy (non-hydrogen) atoms. The summed E-state index contributed by atoms with van der Waals surface area (Å²) in [5, 5.41) is 2.77. The lowest BCUT2D eigenvalue weighted by atomic mass is 9.86. The average molecular weight is 355 g/mol. The summed E-state index contributed by atoms with van der Waals surface area (Å²) < 4.78 is 5.44. The van der Waals surface area contributed by atoms with Gasteiger partial charge in [0.05, 0.1) is 5.92 Å². The van der Waals surface area contributed by atoms with Crippen LogP contribution in [0.5, 0.6) is 0 Å². The van der Waals surface area contributed by atoms with Crippen LogP contribution >= 0.6 is 0 Å². The molecule has 4 atom stereocenters. The molecule has 1 rings (SSSR count). The summed E-state index contributed by atoms with van der Waals surface area (Å²) in [7, 11) is 2.04. The number of hydrogen-bond donors (Lipinski definition) is 1. The molecule has 1 heterocycles. The third-order valence-corrected chi connectivity index (χ3v) is 5.08. The van der Waals surface area contributed by atoms with Gasteiger partial charge in [-0.3, -0.25) is 14.4 Å². The minimum Gasteiger partial charge on any atom is -0.462 e. The summed E-state index contributed by atoms with van der Waals surface area (Å²) in [4.78, 5) is 39.6. The molecule has 0 aromatic rings. The molecule has 0 radical (unpaired) electrons. The Morgan fingerprint density at radius 3 is 2.28 bits per heavy atom. The van der Waals surface area contributed by atoms with Crippen molar-refractivity contribution in [3.05, 3.63) is 0 Å². The third-order valence-electron chi connectivity index (χ3n) is 5.08. The van der Waals surface area contributed by atoms with Gasteiger partial charge in [0, 0.05) is 44.6 Å². The number of carbonyl (C=O) groups is 3. The molecule has 7 heteroatoms. The molecule has 0 spiro atoms. The number of nitrogens with one attached hydrogen (secondary N) is 1. The number of piperazine rings is 1. The van der Waals surface area contributed by atoms with Gasteiger partial charge >= 0.3 is 5.97 Å². The molecule has 0 aromatic heterocycles. The summed E-state index contributed by atoms with van der Waals surface area (Å²) in [6.07, 6.45) is 1.35. The van der Waals surface area contributed by atoms with Gasteiger partial charge in [-0.1, -0.05) is 20.8 Å². The highest BCUT2D eigenvalue weighted by molar-refractivity contribution is 5.79. The quantitative estimate of drug-likeness (QED) is 0.491. The van der Waals surface area contributed by atoms with Crippen LogP contribution in [0.25, 0.3) is 0 Å². The van der Waals surface area contributed by atoms with Gasteiger partial charge in [0.25, 0.3) is 0 Å². The van der Waals surface area contributed by atoms with E-state index in [9.17, 15) is 14.4 Å². The van der Waals surface area contributed by atoms with E-state index < -0.39 is 0 Å². The van der Waals surface area contributed by atoms with Crippen LogP contribution in [0.15, 0.2) is 0 Å². The molecule has 1 saturated heterocycles. The molecule has 2 amide bonds. The van der Waals surface area contributed by atoms with E-state index >= 15 is 0 Å². The van der Waals surface area contributed by atoms with Crippen molar-refractivity contribution in [2.75, 3.05) is 33.2 Å². The van der Waals surface area contributed by atoms with Crippen LogP contribution in [0.1, 0.15) is 40.5 Å². The first-order chi connectivity index (χ1) is 11.8. The fraction of sp³-hybridized carbons (Fsp3) is 0.833. The van der Waals surface area contributed by atoms with Crippen molar-refractivity contribution < 1.29 is 19.1 Å². The molecule has 0 aliphatic carbocycles. The number of ether oxygens (including phenoxy) is 1. The Kier molecular flexibility index (Phi) is 8.89. The van der Waals surface area contributed by atoms with Gasteiger partial charge in [-0.2, -0.15) is 0 Å². The summed E-state index contributed by atoms with van der Waals surface area (Å²) in [5.41, 5.74) is 0. The smallest absolute Gasteiger partial charge is 0.306 e. The van der Waals surface area contributed by atoms with Gasteiger partial charge in [-0.25, -0.2) is 0 Å². The molecular formula is C18H33N3O4. The fourth-order valence-corrected chi connectivity index (χ4v) is 3.17. The van der Waals surface area contributed by atoms with Gasteiger partial charge < -0.3 is 19.9 Å². The second-order valence-corrected chi connectivity index (χ2v) is 7.03. The van der Waals surface area contributed by atoms with E-state index in [-0.39, 0.29) is 35.9 Å². The number of carbonyl (C=O) groups excluding carboxylic acids is 3. The van der Waals surface area contributed by atoms with Gasteiger partial charge in [0.15, 0.2) is 0 Å². The fourth-order valence-electron chi connectivity index (χ4n) is 3.17. The zero-order valence-electron chi connectivity index (χ0n) is 16.2. The van der Waals surface area contributed by atoms with E-state index in [1.165, 1.54) is 0 Å². The molecule has 0 aromatic carbocycles. The van der Waals surface area contributed by atoms with E-state index in [1.807, 2.05) is 39.6 Å². The molecule has 7 nitrogen and oxygen atoms in total. The highest BCUT2D eigenvalue weighted by Crippen LogP contribution is 2.21. The van der Waals surface area contributed by atoms with Crippen molar-refractivity contribution in [3.63, 3.8) is 0 Å². The number of hydrogen-bond acceptors (Lipinski definition) is 5. The third kappa shape index (κ3) is 6.30. The topological polar surface area (TPSA) is 78.9 Å². The Morgan fingerprint density at radius 2 is 1.76 bits per heavy atom. The van der Waals surface area contributed by atoms with Gasteiger partial charge in [-0.05, 0) is 20.4 Å². The van der Waals surface area contributed by atoms with Crippen LogP contribution in [0.4, 0.5) is 0 Å². The maximum atomic E-state index is 12.8. The Hall–Kier alpha value is -1.63.